The lowest BCUT2D eigenvalue weighted by molar-refractivity contribution is 0.142. The first kappa shape index (κ1) is 14.3. The van der Waals surface area contributed by atoms with E-state index in [4.69, 9.17) is 0 Å². The van der Waals surface area contributed by atoms with Gasteiger partial charge >= 0.3 is 0 Å². The number of hydrogen-bond donors (Lipinski definition) is 0. The minimum Gasteiger partial charge on any atom is -0.0622 e. The van der Waals surface area contributed by atoms with Crippen LogP contribution in [0.1, 0.15) is 59.9 Å². The van der Waals surface area contributed by atoms with E-state index in [1.165, 1.54) is 5.56 Å². The van der Waals surface area contributed by atoms with Crippen molar-refractivity contribution in [3.63, 3.8) is 0 Å². The second-order valence-electron chi connectivity index (χ2n) is 7.41. The molecule has 2 atom stereocenters. The molecule has 0 aliphatic rings. The van der Waals surface area contributed by atoms with Gasteiger partial charge in [0, 0.05) is 0 Å². The minimum absolute atomic E-state index is 0.300. The highest BCUT2D eigenvalue weighted by Gasteiger charge is 2.36. The van der Waals surface area contributed by atoms with Crippen LogP contribution in [0.5, 0.6) is 0 Å². The highest BCUT2D eigenvalue weighted by molar-refractivity contribution is 5.22. The molecule has 1 aromatic rings. The van der Waals surface area contributed by atoms with Crippen LogP contribution < -0.4 is 0 Å². The maximum Gasteiger partial charge on any atom is -0.00826 e. The Labute approximate surface area is 107 Å². The summed E-state index contributed by atoms with van der Waals surface area (Å²) in [6.45, 7) is 16.5. The lowest BCUT2D eigenvalue weighted by Gasteiger charge is -2.42. The predicted octanol–water partition coefficient (Wildman–Crippen LogP) is 5.50. The molecule has 0 aliphatic heterocycles. The van der Waals surface area contributed by atoms with Crippen molar-refractivity contribution in [1.29, 1.82) is 0 Å². The normalized spacial score (nSPS) is 16.6. The van der Waals surface area contributed by atoms with Gasteiger partial charge in [-0.2, -0.15) is 0 Å². The van der Waals surface area contributed by atoms with E-state index < -0.39 is 0 Å². The first-order chi connectivity index (χ1) is 7.64. The van der Waals surface area contributed by atoms with Gasteiger partial charge in [-0.3, -0.25) is 0 Å². The maximum atomic E-state index is 2.39. The van der Waals surface area contributed by atoms with Gasteiger partial charge in [-0.1, -0.05) is 78.8 Å². The fraction of sp³-hybridized carbons (Fsp3) is 0.647. The third kappa shape index (κ3) is 3.59. The molecule has 0 aromatic heterocycles. The minimum atomic E-state index is 0.300. The summed E-state index contributed by atoms with van der Waals surface area (Å²) in [4.78, 5) is 0. The largest absolute Gasteiger partial charge is 0.0622 e. The van der Waals surface area contributed by atoms with E-state index in [-0.39, 0.29) is 0 Å². The van der Waals surface area contributed by atoms with E-state index in [1.54, 1.807) is 0 Å². The maximum absolute atomic E-state index is 2.39. The van der Waals surface area contributed by atoms with Crippen molar-refractivity contribution in [2.24, 2.45) is 16.7 Å². The lowest BCUT2D eigenvalue weighted by atomic mass is 9.63. The van der Waals surface area contributed by atoms with E-state index in [0.717, 1.165) is 0 Å². The Balaban J connectivity index is 3.15. The molecular formula is C17H28. The summed E-state index contributed by atoms with van der Waals surface area (Å²) in [6, 6.07) is 11.0. The van der Waals surface area contributed by atoms with Crippen LogP contribution in [0, 0.1) is 16.7 Å². The van der Waals surface area contributed by atoms with Crippen molar-refractivity contribution in [2.45, 2.75) is 54.4 Å². The van der Waals surface area contributed by atoms with Crippen molar-refractivity contribution in [2.75, 3.05) is 0 Å². The van der Waals surface area contributed by atoms with Crippen LogP contribution in [0.4, 0.5) is 0 Å². The molecule has 96 valence electrons. The quantitative estimate of drug-likeness (QED) is 0.631. The lowest BCUT2D eigenvalue weighted by Crippen LogP contribution is -2.32. The molecule has 0 radical (unpaired) electrons. The Bertz CT molecular complexity index is 335. The number of hydrogen-bond acceptors (Lipinski definition) is 0. The molecule has 2 unspecified atom stereocenters. The third-order valence-corrected chi connectivity index (χ3v) is 3.96. The summed E-state index contributed by atoms with van der Waals surface area (Å²) in [6.07, 6.45) is 0. The van der Waals surface area contributed by atoms with Gasteiger partial charge in [0.1, 0.15) is 0 Å². The summed E-state index contributed by atoms with van der Waals surface area (Å²) in [5.41, 5.74) is 2.12. The average Bonchev–Trinajstić information content (AvgIpc) is 2.15. The molecule has 0 fully saturated rings. The third-order valence-electron chi connectivity index (χ3n) is 3.96. The zero-order valence-corrected chi connectivity index (χ0v) is 12.5. The van der Waals surface area contributed by atoms with Crippen LogP contribution in [0.15, 0.2) is 30.3 Å². The predicted molar refractivity (Wildman–Crippen MR) is 77.3 cm³/mol. The molecule has 0 N–H and O–H groups in total. The summed E-state index contributed by atoms with van der Waals surface area (Å²) in [5, 5.41) is 0. The Kier molecular flexibility index (Phi) is 4.06. The molecule has 0 aliphatic carbocycles. The first-order valence-electron chi connectivity index (χ1n) is 6.69. The van der Waals surface area contributed by atoms with Gasteiger partial charge in [0.15, 0.2) is 0 Å². The van der Waals surface area contributed by atoms with E-state index in [1.807, 2.05) is 0 Å². The topological polar surface area (TPSA) is 0 Å². The SMILES string of the molecule is CC(C(c1ccccc1)C(C)(C)C)C(C)(C)C. The molecule has 17 heavy (non-hydrogen) atoms. The summed E-state index contributed by atoms with van der Waals surface area (Å²) in [5.74, 6) is 1.26. The van der Waals surface area contributed by atoms with Crippen LogP contribution >= 0.6 is 0 Å². The number of rotatable bonds is 2. The van der Waals surface area contributed by atoms with E-state index in [2.05, 4.69) is 78.8 Å². The second kappa shape index (κ2) is 4.84. The fourth-order valence-electron chi connectivity index (χ4n) is 2.70. The van der Waals surface area contributed by atoms with Crippen LogP contribution in [0.2, 0.25) is 0 Å². The van der Waals surface area contributed by atoms with Gasteiger partial charge in [0.25, 0.3) is 0 Å². The Hall–Kier alpha value is -0.780. The molecule has 0 saturated carbocycles. The van der Waals surface area contributed by atoms with Gasteiger partial charge in [-0.15, -0.1) is 0 Å². The van der Waals surface area contributed by atoms with Crippen LogP contribution in [-0.4, -0.2) is 0 Å². The summed E-state index contributed by atoms with van der Waals surface area (Å²) >= 11 is 0. The monoisotopic (exact) mass is 232 g/mol. The zero-order valence-electron chi connectivity index (χ0n) is 12.5. The first-order valence-corrected chi connectivity index (χ1v) is 6.69. The average molecular weight is 232 g/mol. The molecule has 0 saturated heterocycles. The Morgan fingerprint density at radius 3 is 1.59 bits per heavy atom. The molecule has 0 spiro atoms. The second-order valence-corrected chi connectivity index (χ2v) is 7.41. The fourth-order valence-corrected chi connectivity index (χ4v) is 2.70. The van der Waals surface area contributed by atoms with Gasteiger partial charge in [0.2, 0.25) is 0 Å². The van der Waals surface area contributed by atoms with Crippen LogP contribution in [-0.2, 0) is 0 Å². The molecule has 1 aromatic carbocycles. The van der Waals surface area contributed by atoms with Gasteiger partial charge in [-0.25, -0.2) is 0 Å². The van der Waals surface area contributed by atoms with Gasteiger partial charge < -0.3 is 0 Å². The summed E-state index contributed by atoms with van der Waals surface area (Å²) < 4.78 is 0. The van der Waals surface area contributed by atoms with Gasteiger partial charge in [0.05, 0.1) is 0 Å². The molecule has 0 amide bonds. The molecule has 0 nitrogen and oxygen atoms in total. The van der Waals surface area contributed by atoms with Crippen molar-refractivity contribution >= 4 is 0 Å². The van der Waals surface area contributed by atoms with Crippen molar-refractivity contribution in [3.8, 4) is 0 Å². The van der Waals surface area contributed by atoms with Crippen LogP contribution in [0.3, 0.4) is 0 Å². The molecule has 0 heteroatoms. The van der Waals surface area contributed by atoms with Crippen molar-refractivity contribution in [3.05, 3.63) is 35.9 Å². The number of benzene rings is 1. The summed E-state index contributed by atoms with van der Waals surface area (Å²) in [7, 11) is 0. The van der Waals surface area contributed by atoms with Crippen molar-refractivity contribution in [1.82, 2.24) is 0 Å². The Morgan fingerprint density at radius 1 is 0.765 bits per heavy atom. The molecular weight excluding hydrogens is 204 g/mol. The smallest absolute Gasteiger partial charge is 0.00826 e. The van der Waals surface area contributed by atoms with E-state index in [0.29, 0.717) is 22.7 Å². The van der Waals surface area contributed by atoms with E-state index >= 15 is 0 Å². The molecule has 1 rings (SSSR count). The highest BCUT2D eigenvalue weighted by Crippen LogP contribution is 2.47. The highest BCUT2D eigenvalue weighted by atomic mass is 14.4. The zero-order chi connectivity index (χ0) is 13.3. The van der Waals surface area contributed by atoms with Gasteiger partial charge in [-0.05, 0) is 28.2 Å². The molecule has 0 bridgehead atoms. The van der Waals surface area contributed by atoms with E-state index in [9.17, 15) is 0 Å². The Morgan fingerprint density at radius 2 is 1.24 bits per heavy atom. The molecule has 0 heterocycles. The van der Waals surface area contributed by atoms with Crippen LogP contribution in [0.25, 0.3) is 0 Å². The van der Waals surface area contributed by atoms with Crippen molar-refractivity contribution < 1.29 is 0 Å². The standard InChI is InChI=1S/C17H28/c1-13(16(2,3)4)15(17(5,6)7)14-11-9-8-10-12-14/h8-13,15H,1-7H3.